The summed E-state index contributed by atoms with van der Waals surface area (Å²) in [6.45, 7) is 6.02. The minimum absolute atomic E-state index is 0.185. The summed E-state index contributed by atoms with van der Waals surface area (Å²) in [5, 5.41) is 9.25. The van der Waals surface area contributed by atoms with Crippen LogP contribution in [0.3, 0.4) is 0 Å². The lowest BCUT2D eigenvalue weighted by atomic mass is 9.85. The van der Waals surface area contributed by atoms with Crippen molar-refractivity contribution in [2.24, 2.45) is 5.92 Å². The SMILES string of the molecule is CCNc1nc(C)cc(NCCNC(=O)C2CCC2)n1. The predicted molar refractivity (Wildman–Crippen MR) is 79.8 cm³/mol. The van der Waals surface area contributed by atoms with Crippen LogP contribution in [0.2, 0.25) is 0 Å². The van der Waals surface area contributed by atoms with Crippen molar-refractivity contribution in [1.29, 1.82) is 0 Å². The molecule has 6 nitrogen and oxygen atoms in total. The molecule has 0 aromatic carbocycles. The predicted octanol–water partition coefficient (Wildman–Crippen LogP) is 1.55. The van der Waals surface area contributed by atoms with Gasteiger partial charge in [0.2, 0.25) is 11.9 Å². The number of nitrogens with zero attached hydrogens (tertiary/aromatic N) is 2. The molecule has 0 saturated heterocycles. The molecule has 1 aliphatic rings. The summed E-state index contributed by atoms with van der Waals surface area (Å²) < 4.78 is 0. The van der Waals surface area contributed by atoms with E-state index in [-0.39, 0.29) is 11.8 Å². The molecule has 1 aromatic rings. The number of carbonyl (C=O) groups is 1. The summed E-state index contributed by atoms with van der Waals surface area (Å²) >= 11 is 0. The molecule has 1 fully saturated rings. The Bertz CT molecular complexity index is 459. The van der Waals surface area contributed by atoms with Gasteiger partial charge in [-0.25, -0.2) is 4.98 Å². The van der Waals surface area contributed by atoms with Gasteiger partial charge in [-0.05, 0) is 26.7 Å². The number of rotatable bonds is 7. The average molecular weight is 277 g/mol. The van der Waals surface area contributed by atoms with Gasteiger partial charge in [-0.1, -0.05) is 6.42 Å². The molecule has 1 heterocycles. The van der Waals surface area contributed by atoms with E-state index in [9.17, 15) is 4.79 Å². The molecule has 6 heteroatoms. The highest BCUT2D eigenvalue weighted by atomic mass is 16.1. The maximum atomic E-state index is 11.7. The molecule has 1 aromatic heterocycles. The largest absolute Gasteiger partial charge is 0.368 e. The number of anilines is 2. The van der Waals surface area contributed by atoms with Crippen LogP contribution in [0.5, 0.6) is 0 Å². The van der Waals surface area contributed by atoms with E-state index >= 15 is 0 Å². The van der Waals surface area contributed by atoms with Gasteiger partial charge in [0.25, 0.3) is 0 Å². The zero-order valence-electron chi connectivity index (χ0n) is 12.2. The van der Waals surface area contributed by atoms with Gasteiger partial charge in [-0.3, -0.25) is 4.79 Å². The molecule has 0 spiro atoms. The first-order valence-electron chi connectivity index (χ1n) is 7.30. The average Bonchev–Trinajstić information content (AvgIpc) is 2.32. The standard InChI is InChI=1S/C14H23N5O/c1-3-15-14-18-10(2)9-12(19-14)16-7-8-17-13(20)11-5-4-6-11/h9,11H,3-8H2,1-2H3,(H,17,20)(H2,15,16,18,19). The molecule has 20 heavy (non-hydrogen) atoms. The summed E-state index contributed by atoms with van der Waals surface area (Å²) in [6.07, 6.45) is 3.26. The molecule has 1 amide bonds. The molecule has 0 atom stereocenters. The summed E-state index contributed by atoms with van der Waals surface area (Å²) in [4.78, 5) is 20.3. The van der Waals surface area contributed by atoms with Crippen LogP contribution in [-0.2, 0) is 4.79 Å². The van der Waals surface area contributed by atoms with Crippen LogP contribution < -0.4 is 16.0 Å². The normalized spacial score (nSPS) is 14.5. The summed E-state index contributed by atoms with van der Waals surface area (Å²) in [5.41, 5.74) is 0.914. The maximum absolute atomic E-state index is 11.7. The van der Waals surface area contributed by atoms with Gasteiger partial charge in [-0.2, -0.15) is 4.98 Å². The lowest BCUT2D eigenvalue weighted by molar-refractivity contribution is -0.127. The van der Waals surface area contributed by atoms with Crippen molar-refractivity contribution in [1.82, 2.24) is 15.3 Å². The van der Waals surface area contributed by atoms with E-state index in [0.717, 1.165) is 30.9 Å². The Balaban J connectivity index is 1.74. The molecule has 0 unspecified atom stereocenters. The van der Waals surface area contributed by atoms with Crippen LogP contribution in [0.15, 0.2) is 6.07 Å². The molecule has 0 bridgehead atoms. The number of nitrogens with one attached hydrogen (secondary N) is 3. The Morgan fingerprint density at radius 2 is 2.10 bits per heavy atom. The van der Waals surface area contributed by atoms with Crippen LogP contribution >= 0.6 is 0 Å². The quantitative estimate of drug-likeness (QED) is 0.659. The van der Waals surface area contributed by atoms with E-state index in [4.69, 9.17) is 0 Å². The second-order valence-electron chi connectivity index (χ2n) is 5.09. The van der Waals surface area contributed by atoms with Gasteiger partial charge in [0.1, 0.15) is 5.82 Å². The molecular formula is C14H23N5O. The third-order valence-electron chi connectivity index (χ3n) is 3.40. The molecular weight excluding hydrogens is 254 g/mol. The van der Waals surface area contributed by atoms with Crippen LogP contribution in [0.4, 0.5) is 11.8 Å². The van der Waals surface area contributed by atoms with Gasteiger partial charge in [0.05, 0.1) is 0 Å². The third-order valence-corrected chi connectivity index (χ3v) is 3.40. The fourth-order valence-electron chi connectivity index (χ4n) is 2.09. The summed E-state index contributed by atoms with van der Waals surface area (Å²) in [5.74, 6) is 1.85. The Morgan fingerprint density at radius 1 is 1.30 bits per heavy atom. The third kappa shape index (κ3) is 4.08. The number of amides is 1. The molecule has 0 aliphatic heterocycles. The van der Waals surface area contributed by atoms with Crippen molar-refractivity contribution in [3.8, 4) is 0 Å². The molecule has 3 N–H and O–H groups in total. The van der Waals surface area contributed by atoms with Gasteiger partial charge < -0.3 is 16.0 Å². The lowest BCUT2D eigenvalue weighted by Crippen LogP contribution is -2.36. The fourth-order valence-corrected chi connectivity index (χ4v) is 2.09. The first-order chi connectivity index (χ1) is 9.69. The van der Waals surface area contributed by atoms with Crippen molar-refractivity contribution in [2.75, 3.05) is 30.3 Å². The highest BCUT2D eigenvalue weighted by molar-refractivity contribution is 5.79. The number of hydrogen-bond donors (Lipinski definition) is 3. The zero-order valence-corrected chi connectivity index (χ0v) is 12.2. The van der Waals surface area contributed by atoms with E-state index in [0.29, 0.717) is 19.0 Å². The summed E-state index contributed by atoms with van der Waals surface area (Å²) in [6, 6.07) is 1.90. The number of carbonyl (C=O) groups excluding carboxylic acids is 1. The van der Waals surface area contributed by atoms with Gasteiger partial charge in [0, 0.05) is 37.3 Å². The van der Waals surface area contributed by atoms with Crippen molar-refractivity contribution < 1.29 is 4.79 Å². The van der Waals surface area contributed by atoms with Crippen molar-refractivity contribution in [2.45, 2.75) is 33.1 Å². The smallest absolute Gasteiger partial charge is 0.224 e. The monoisotopic (exact) mass is 277 g/mol. The van der Waals surface area contributed by atoms with E-state index in [1.165, 1.54) is 6.42 Å². The Hall–Kier alpha value is -1.85. The van der Waals surface area contributed by atoms with Gasteiger partial charge in [0.15, 0.2) is 0 Å². The van der Waals surface area contributed by atoms with E-state index in [1.807, 2.05) is 19.9 Å². The molecule has 1 aliphatic carbocycles. The molecule has 1 saturated carbocycles. The molecule has 2 rings (SSSR count). The maximum Gasteiger partial charge on any atom is 0.224 e. The van der Waals surface area contributed by atoms with Crippen LogP contribution in [-0.4, -0.2) is 35.5 Å². The zero-order chi connectivity index (χ0) is 14.4. The van der Waals surface area contributed by atoms with Gasteiger partial charge in [-0.15, -0.1) is 0 Å². The minimum atomic E-state index is 0.185. The van der Waals surface area contributed by atoms with Crippen molar-refractivity contribution in [3.05, 3.63) is 11.8 Å². The van der Waals surface area contributed by atoms with Crippen molar-refractivity contribution in [3.63, 3.8) is 0 Å². The highest BCUT2D eigenvalue weighted by Crippen LogP contribution is 2.25. The van der Waals surface area contributed by atoms with E-state index in [1.54, 1.807) is 0 Å². The second kappa shape index (κ2) is 7.07. The Kier molecular flexibility index (Phi) is 5.15. The fraction of sp³-hybridized carbons (Fsp3) is 0.643. The van der Waals surface area contributed by atoms with E-state index in [2.05, 4.69) is 25.9 Å². The first kappa shape index (κ1) is 14.6. The van der Waals surface area contributed by atoms with Crippen LogP contribution in [0.1, 0.15) is 31.9 Å². The second-order valence-corrected chi connectivity index (χ2v) is 5.09. The lowest BCUT2D eigenvalue weighted by Gasteiger charge is -2.24. The summed E-state index contributed by atoms with van der Waals surface area (Å²) in [7, 11) is 0. The number of aryl methyl sites for hydroxylation is 1. The minimum Gasteiger partial charge on any atom is -0.368 e. The van der Waals surface area contributed by atoms with Crippen LogP contribution in [0.25, 0.3) is 0 Å². The van der Waals surface area contributed by atoms with Crippen LogP contribution in [0, 0.1) is 12.8 Å². The number of hydrogen-bond acceptors (Lipinski definition) is 5. The van der Waals surface area contributed by atoms with E-state index < -0.39 is 0 Å². The topological polar surface area (TPSA) is 78.9 Å². The van der Waals surface area contributed by atoms with Crippen molar-refractivity contribution >= 4 is 17.7 Å². The molecule has 110 valence electrons. The Morgan fingerprint density at radius 3 is 2.75 bits per heavy atom. The van der Waals surface area contributed by atoms with Gasteiger partial charge >= 0.3 is 0 Å². The number of aromatic nitrogens is 2. The molecule has 0 radical (unpaired) electrons. The first-order valence-corrected chi connectivity index (χ1v) is 7.30. The highest BCUT2D eigenvalue weighted by Gasteiger charge is 2.24. The Labute approximate surface area is 119 Å².